The Morgan fingerprint density at radius 3 is 2.60 bits per heavy atom. The summed E-state index contributed by atoms with van der Waals surface area (Å²) in [5, 5.41) is 3.56. The van der Waals surface area contributed by atoms with Crippen LogP contribution in [0.4, 0.5) is 5.69 Å². The van der Waals surface area contributed by atoms with Crippen LogP contribution >= 0.6 is 11.6 Å². The molecular weight excluding hydrogens is 340 g/mol. The Bertz CT molecular complexity index is 704. The lowest BCUT2D eigenvalue weighted by Gasteiger charge is -2.17. The highest BCUT2D eigenvalue weighted by Crippen LogP contribution is 2.25. The molecule has 1 amide bonds. The molecule has 2 aromatic rings. The van der Waals surface area contributed by atoms with Crippen molar-refractivity contribution in [1.82, 2.24) is 4.90 Å². The molecule has 25 heavy (non-hydrogen) atoms. The lowest BCUT2D eigenvalue weighted by molar-refractivity contribution is -0.117. The molecule has 0 spiro atoms. The van der Waals surface area contributed by atoms with Crippen LogP contribution in [0, 0.1) is 6.92 Å². The number of ether oxygens (including phenoxy) is 2. The first-order chi connectivity index (χ1) is 12.0. The maximum absolute atomic E-state index is 12.2. The second-order valence-electron chi connectivity index (χ2n) is 5.79. The van der Waals surface area contributed by atoms with E-state index in [-0.39, 0.29) is 12.5 Å². The third-order valence-corrected chi connectivity index (χ3v) is 3.85. The van der Waals surface area contributed by atoms with Gasteiger partial charge in [0.05, 0.1) is 19.3 Å². The van der Waals surface area contributed by atoms with Gasteiger partial charge in [-0.2, -0.15) is 0 Å². The van der Waals surface area contributed by atoms with E-state index in [1.54, 1.807) is 19.2 Å². The number of carbonyl (C=O) groups excluding carboxylic acids is 1. The maximum Gasteiger partial charge on any atom is 0.238 e. The Balaban J connectivity index is 1.78. The first kappa shape index (κ1) is 19.1. The maximum atomic E-state index is 12.2. The molecule has 0 saturated carbocycles. The zero-order valence-corrected chi connectivity index (χ0v) is 15.5. The van der Waals surface area contributed by atoms with Gasteiger partial charge in [-0.3, -0.25) is 9.69 Å². The van der Waals surface area contributed by atoms with Crippen LogP contribution in [-0.4, -0.2) is 44.7 Å². The molecule has 0 heterocycles. The van der Waals surface area contributed by atoms with E-state index in [0.29, 0.717) is 29.6 Å². The predicted octanol–water partition coefficient (Wildman–Crippen LogP) is 3.61. The van der Waals surface area contributed by atoms with Crippen LogP contribution in [0.25, 0.3) is 0 Å². The number of rotatable bonds is 8. The van der Waals surface area contributed by atoms with Crippen LogP contribution in [0.3, 0.4) is 0 Å². The number of hydrogen-bond donors (Lipinski definition) is 1. The standard InChI is InChI=1S/C19H23ClN2O3/c1-14-4-9-18(24-3)17(12-14)21-19(23)13-22(2)10-11-25-16-7-5-15(20)6-8-16/h4-9,12H,10-11,13H2,1-3H3,(H,21,23). The third kappa shape index (κ3) is 6.29. The highest BCUT2D eigenvalue weighted by Gasteiger charge is 2.10. The molecule has 2 rings (SSSR count). The molecule has 0 radical (unpaired) electrons. The van der Waals surface area contributed by atoms with Gasteiger partial charge < -0.3 is 14.8 Å². The van der Waals surface area contributed by atoms with Gasteiger partial charge in [0.2, 0.25) is 5.91 Å². The van der Waals surface area contributed by atoms with Crippen molar-refractivity contribution in [1.29, 1.82) is 0 Å². The molecule has 134 valence electrons. The Hall–Kier alpha value is -2.24. The van der Waals surface area contributed by atoms with Gasteiger partial charge in [0.25, 0.3) is 0 Å². The number of amides is 1. The summed E-state index contributed by atoms with van der Waals surface area (Å²) in [4.78, 5) is 14.1. The fourth-order valence-electron chi connectivity index (χ4n) is 2.28. The molecule has 5 nitrogen and oxygen atoms in total. The lowest BCUT2D eigenvalue weighted by atomic mass is 10.2. The molecule has 0 aromatic heterocycles. The van der Waals surface area contributed by atoms with Crippen molar-refractivity contribution < 1.29 is 14.3 Å². The van der Waals surface area contributed by atoms with Crippen LogP contribution in [0.1, 0.15) is 5.56 Å². The van der Waals surface area contributed by atoms with Crippen molar-refractivity contribution in [3.8, 4) is 11.5 Å². The van der Waals surface area contributed by atoms with Gasteiger partial charge in [-0.25, -0.2) is 0 Å². The minimum absolute atomic E-state index is 0.0992. The van der Waals surface area contributed by atoms with E-state index in [4.69, 9.17) is 21.1 Å². The number of anilines is 1. The van der Waals surface area contributed by atoms with Crippen LogP contribution < -0.4 is 14.8 Å². The molecule has 6 heteroatoms. The largest absolute Gasteiger partial charge is 0.495 e. The van der Waals surface area contributed by atoms with E-state index in [9.17, 15) is 4.79 Å². The van der Waals surface area contributed by atoms with E-state index in [0.717, 1.165) is 11.3 Å². The van der Waals surface area contributed by atoms with Crippen LogP contribution in [-0.2, 0) is 4.79 Å². The molecule has 0 fully saturated rings. The van der Waals surface area contributed by atoms with E-state index < -0.39 is 0 Å². The molecule has 0 bridgehead atoms. The number of hydrogen-bond acceptors (Lipinski definition) is 4. The summed E-state index contributed by atoms with van der Waals surface area (Å²) in [6.45, 7) is 3.34. The number of nitrogens with zero attached hydrogens (tertiary/aromatic N) is 1. The molecule has 0 atom stereocenters. The van der Waals surface area contributed by atoms with Crippen molar-refractivity contribution in [2.45, 2.75) is 6.92 Å². The average molecular weight is 363 g/mol. The summed E-state index contributed by atoms with van der Waals surface area (Å²) in [6.07, 6.45) is 0. The molecule has 0 saturated heterocycles. The van der Waals surface area contributed by atoms with Gasteiger partial charge >= 0.3 is 0 Å². The third-order valence-electron chi connectivity index (χ3n) is 3.60. The molecule has 0 aliphatic carbocycles. The zero-order valence-electron chi connectivity index (χ0n) is 14.7. The molecule has 0 aliphatic heterocycles. The van der Waals surface area contributed by atoms with Gasteiger partial charge in [0.15, 0.2) is 0 Å². The summed E-state index contributed by atoms with van der Waals surface area (Å²) in [5.41, 5.74) is 1.74. The monoisotopic (exact) mass is 362 g/mol. The van der Waals surface area contributed by atoms with Crippen LogP contribution in [0.15, 0.2) is 42.5 Å². The number of carbonyl (C=O) groups is 1. The number of methoxy groups -OCH3 is 1. The normalized spacial score (nSPS) is 10.6. The number of likely N-dealkylation sites (N-methyl/N-ethyl adjacent to an activating group) is 1. The second kappa shape index (κ2) is 9.30. The smallest absolute Gasteiger partial charge is 0.238 e. The summed E-state index contributed by atoms with van der Waals surface area (Å²) in [6, 6.07) is 12.9. The Morgan fingerprint density at radius 2 is 1.92 bits per heavy atom. The van der Waals surface area contributed by atoms with Crippen molar-refractivity contribution in [2.24, 2.45) is 0 Å². The number of benzene rings is 2. The van der Waals surface area contributed by atoms with Crippen molar-refractivity contribution in [3.05, 3.63) is 53.1 Å². The number of aryl methyl sites for hydroxylation is 1. The molecule has 0 aliphatic rings. The van der Waals surface area contributed by atoms with E-state index in [1.165, 1.54) is 0 Å². The van der Waals surface area contributed by atoms with E-state index in [2.05, 4.69) is 5.32 Å². The molecule has 1 N–H and O–H groups in total. The van der Waals surface area contributed by atoms with E-state index >= 15 is 0 Å². The van der Waals surface area contributed by atoms with Gasteiger partial charge in [-0.05, 0) is 55.9 Å². The fourth-order valence-corrected chi connectivity index (χ4v) is 2.41. The van der Waals surface area contributed by atoms with Crippen molar-refractivity contribution in [3.63, 3.8) is 0 Å². The first-order valence-corrected chi connectivity index (χ1v) is 8.37. The number of nitrogens with one attached hydrogen (secondary N) is 1. The fraction of sp³-hybridized carbons (Fsp3) is 0.316. The highest BCUT2D eigenvalue weighted by molar-refractivity contribution is 6.30. The molecule has 2 aromatic carbocycles. The number of halogens is 1. The summed E-state index contributed by atoms with van der Waals surface area (Å²) in [5.74, 6) is 1.30. The Morgan fingerprint density at radius 1 is 1.20 bits per heavy atom. The lowest BCUT2D eigenvalue weighted by Crippen LogP contribution is -2.33. The quantitative estimate of drug-likeness (QED) is 0.779. The van der Waals surface area contributed by atoms with Gasteiger partial charge in [0.1, 0.15) is 18.1 Å². The van der Waals surface area contributed by atoms with Gasteiger partial charge in [0, 0.05) is 11.6 Å². The average Bonchev–Trinajstić information content (AvgIpc) is 2.57. The first-order valence-electron chi connectivity index (χ1n) is 7.99. The summed E-state index contributed by atoms with van der Waals surface area (Å²) < 4.78 is 10.9. The summed E-state index contributed by atoms with van der Waals surface area (Å²) in [7, 11) is 3.46. The predicted molar refractivity (Wildman–Crippen MR) is 101 cm³/mol. The van der Waals surface area contributed by atoms with Crippen molar-refractivity contribution in [2.75, 3.05) is 39.2 Å². The highest BCUT2D eigenvalue weighted by atomic mass is 35.5. The Kier molecular flexibility index (Phi) is 7.10. The zero-order chi connectivity index (χ0) is 18.2. The Labute approximate surface area is 153 Å². The van der Waals surface area contributed by atoms with Crippen molar-refractivity contribution >= 4 is 23.2 Å². The minimum atomic E-state index is -0.0992. The second-order valence-corrected chi connectivity index (χ2v) is 6.23. The topological polar surface area (TPSA) is 50.8 Å². The minimum Gasteiger partial charge on any atom is -0.495 e. The SMILES string of the molecule is COc1ccc(C)cc1NC(=O)CN(C)CCOc1ccc(Cl)cc1. The summed E-state index contributed by atoms with van der Waals surface area (Å²) >= 11 is 5.83. The molecular formula is C19H23ClN2O3. The van der Waals surface area contributed by atoms with Crippen LogP contribution in [0.2, 0.25) is 5.02 Å². The van der Waals surface area contributed by atoms with Crippen LogP contribution in [0.5, 0.6) is 11.5 Å². The van der Waals surface area contributed by atoms with Gasteiger partial charge in [-0.1, -0.05) is 17.7 Å². The molecule has 0 unspecified atom stereocenters. The van der Waals surface area contributed by atoms with Gasteiger partial charge in [-0.15, -0.1) is 0 Å². The van der Waals surface area contributed by atoms with E-state index in [1.807, 2.05) is 49.2 Å².